The molecule has 1 N–H and O–H groups in total. The number of rotatable bonds is 5. The maximum absolute atomic E-state index is 9.05. The van der Waals surface area contributed by atoms with Crippen LogP contribution in [0.1, 0.15) is 37.6 Å². The lowest BCUT2D eigenvalue weighted by atomic mass is 9.95. The number of hydrogen-bond acceptors (Lipinski definition) is 3. The van der Waals surface area contributed by atoms with Gasteiger partial charge in [0.2, 0.25) is 0 Å². The first kappa shape index (κ1) is 13.6. The van der Waals surface area contributed by atoms with Crippen LogP contribution in [0.3, 0.4) is 0 Å². The van der Waals surface area contributed by atoms with Gasteiger partial charge < -0.3 is 5.11 Å². The second kappa shape index (κ2) is 6.34. The second-order valence-corrected chi connectivity index (χ2v) is 5.35. The fourth-order valence-corrected chi connectivity index (χ4v) is 2.94. The number of hydrogen-bond donors (Lipinski definition) is 1. The Bertz CT molecular complexity index is 373. The Morgan fingerprint density at radius 3 is 3.06 bits per heavy atom. The molecule has 1 atom stereocenters. The number of nitrogens with zero attached hydrogens (tertiary/aromatic N) is 3. The van der Waals surface area contributed by atoms with Gasteiger partial charge in [-0.15, -0.1) is 0 Å². The van der Waals surface area contributed by atoms with E-state index >= 15 is 0 Å². The van der Waals surface area contributed by atoms with Crippen LogP contribution in [0.2, 0.25) is 0 Å². The molecule has 0 radical (unpaired) electrons. The second-order valence-electron chi connectivity index (χ2n) is 5.35. The van der Waals surface area contributed by atoms with E-state index in [2.05, 4.69) is 34.6 Å². The average Bonchev–Trinajstić information content (AvgIpc) is 2.70. The number of aryl methyl sites for hydroxylation is 2. The van der Waals surface area contributed by atoms with Crippen LogP contribution >= 0.6 is 0 Å². The Morgan fingerprint density at radius 2 is 2.33 bits per heavy atom. The van der Waals surface area contributed by atoms with Gasteiger partial charge in [-0.25, -0.2) is 0 Å². The fourth-order valence-electron chi connectivity index (χ4n) is 2.94. The summed E-state index contributed by atoms with van der Waals surface area (Å²) < 4.78 is 2.10. The Morgan fingerprint density at radius 1 is 1.50 bits per heavy atom. The molecule has 1 aromatic rings. The third-order valence-electron chi connectivity index (χ3n) is 3.81. The predicted molar refractivity (Wildman–Crippen MR) is 72.3 cm³/mol. The standard InChI is InChI=1S/C14H25N3O/c1-3-17-14(9-12(2)15-17)11-16-7-4-5-13(10-16)6-8-18/h9,13,18H,3-8,10-11H2,1-2H3. The van der Waals surface area contributed by atoms with Crippen LogP contribution in [0.5, 0.6) is 0 Å². The van der Waals surface area contributed by atoms with Crippen molar-refractivity contribution in [3.05, 3.63) is 17.5 Å². The van der Waals surface area contributed by atoms with Gasteiger partial charge in [0.1, 0.15) is 0 Å². The highest BCUT2D eigenvalue weighted by molar-refractivity contribution is 5.09. The first-order valence-corrected chi connectivity index (χ1v) is 7.09. The van der Waals surface area contributed by atoms with Crippen molar-refractivity contribution in [3.63, 3.8) is 0 Å². The number of aromatic nitrogens is 2. The van der Waals surface area contributed by atoms with Gasteiger partial charge >= 0.3 is 0 Å². The van der Waals surface area contributed by atoms with E-state index in [0.717, 1.165) is 31.7 Å². The molecule has 18 heavy (non-hydrogen) atoms. The predicted octanol–water partition coefficient (Wildman–Crippen LogP) is 1.81. The molecule has 0 bridgehead atoms. The van der Waals surface area contributed by atoms with Gasteiger partial charge in [0.25, 0.3) is 0 Å². The summed E-state index contributed by atoms with van der Waals surface area (Å²) in [4.78, 5) is 2.51. The first-order valence-electron chi connectivity index (χ1n) is 7.09. The molecule has 0 aromatic carbocycles. The summed E-state index contributed by atoms with van der Waals surface area (Å²) in [5.74, 6) is 0.669. The van der Waals surface area contributed by atoms with Crippen molar-refractivity contribution in [2.45, 2.75) is 46.2 Å². The molecule has 102 valence electrons. The van der Waals surface area contributed by atoms with E-state index in [4.69, 9.17) is 5.11 Å². The van der Waals surface area contributed by atoms with E-state index < -0.39 is 0 Å². The smallest absolute Gasteiger partial charge is 0.0597 e. The van der Waals surface area contributed by atoms with Crippen molar-refractivity contribution in [2.24, 2.45) is 5.92 Å². The highest BCUT2D eigenvalue weighted by Crippen LogP contribution is 2.21. The van der Waals surface area contributed by atoms with Crippen LogP contribution in [-0.2, 0) is 13.1 Å². The van der Waals surface area contributed by atoms with Crippen LogP contribution in [0.4, 0.5) is 0 Å². The minimum absolute atomic E-state index is 0.324. The number of aliphatic hydroxyl groups is 1. The molecule has 4 nitrogen and oxygen atoms in total. The van der Waals surface area contributed by atoms with Gasteiger partial charge in [-0.3, -0.25) is 9.58 Å². The van der Waals surface area contributed by atoms with E-state index in [-0.39, 0.29) is 0 Å². The van der Waals surface area contributed by atoms with Crippen molar-refractivity contribution in [2.75, 3.05) is 19.7 Å². The van der Waals surface area contributed by atoms with Gasteiger partial charge in [-0.1, -0.05) is 0 Å². The molecule has 1 aliphatic heterocycles. The maximum atomic E-state index is 9.05. The molecule has 0 aliphatic carbocycles. The lowest BCUT2D eigenvalue weighted by Crippen LogP contribution is -2.35. The van der Waals surface area contributed by atoms with Crippen molar-refractivity contribution in [3.8, 4) is 0 Å². The molecule has 1 aliphatic rings. The van der Waals surface area contributed by atoms with E-state index in [1.54, 1.807) is 0 Å². The van der Waals surface area contributed by atoms with E-state index in [1.165, 1.54) is 25.1 Å². The minimum atomic E-state index is 0.324. The molecule has 1 aromatic heterocycles. The summed E-state index contributed by atoms with van der Waals surface area (Å²) >= 11 is 0. The fraction of sp³-hybridized carbons (Fsp3) is 0.786. The molecule has 0 spiro atoms. The SMILES string of the molecule is CCn1nc(C)cc1CN1CCCC(CCO)C1. The zero-order valence-electron chi connectivity index (χ0n) is 11.6. The monoisotopic (exact) mass is 251 g/mol. The van der Waals surface area contributed by atoms with Crippen molar-refractivity contribution >= 4 is 0 Å². The van der Waals surface area contributed by atoms with Gasteiger partial charge in [0, 0.05) is 26.2 Å². The molecule has 2 heterocycles. The molecule has 1 unspecified atom stereocenters. The van der Waals surface area contributed by atoms with Crippen LogP contribution in [-0.4, -0.2) is 39.5 Å². The van der Waals surface area contributed by atoms with Crippen LogP contribution in [0.25, 0.3) is 0 Å². The van der Waals surface area contributed by atoms with Gasteiger partial charge in [-0.2, -0.15) is 5.10 Å². The van der Waals surface area contributed by atoms with Crippen molar-refractivity contribution in [1.29, 1.82) is 0 Å². The summed E-state index contributed by atoms with van der Waals surface area (Å²) in [5.41, 5.74) is 2.43. The molecule has 0 amide bonds. The first-order chi connectivity index (χ1) is 8.72. The maximum Gasteiger partial charge on any atom is 0.0597 e. The third-order valence-corrected chi connectivity index (χ3v) is 3.81. The topological polar surface area (TPSA) is 41.3 Å². The van der Waals surface area contributed by atoms with E-state index in [9.17, 15) is 0 Å². The summed E-state index contributed by atoms with van der Waals surface area (Å²) in [6.45, 7) is 8.75. The average molecular weight is 251 g/mol. The van der Waals surface area contributed by atoms with Gasteiger partial charge in [-0.05, 0) is 51.6 Å². The Balaban J connectivity index is 1.95. The summed E-state index contributed by atoms with van der Waals surface area (Å²) in [6.07, 6.45) is 3.47. The van der Waals surface area contributed by atoms with Crippen molar-refractivity contribution in [1.82, 2.24) is 14.7 Å². The largest absolute Gasteiger partial charge is 0.396 e. The third kappa shape index (κ3) is 3.33. The highest BCUT2D eigenvalue weighted by Gasteiger charge is 2.20. The van der Waals surface area contributed by atoms with Crippen LogP contribution < -0.4 is 0 Å². The van der Waals surface area contributed by atoms with Crippen LogP contribution in [0.15, 0.2) is 6.07 Å². The summed E-state index contributed by atoms with van der Waals surface area (Å²) in [5, 5.41) is 13.5. The zero-order valence-corrected chi connectivity index (χ0v) is 11.6. The molecule has 1 fully saturated rings. The normalized spacial score (nSPS) is 21.4. The number of piperidine rings is 1. The Hall–Kier alpha value is -0.870. The van der Waals surface area contributed by atoms with Crippen LogP contribution in [0, 0.1) is 12.8 Å². The lowest BCUT2D eigenvalue weighted by molar-refractivity contribution is 0.139. The summed E-state index contributed by atoms with van der Waals surface area (Å²) in [7, 11) is 0. The Kier molecular flexibility index (Phi) is 4.78. The van der Waals surface area contributed by atoms with Crippen molar-refractivity contribution < 1.29 is 5.11 Å². The quantitative estimate of drug-likeness (QED) is 0.867. The highest BCUT2D eigenvalue weighted by atomic mass is 16.3. The summed E-state index contributed by atoms with van der Waals surface area (Å²) in [6, 6.07) is 2.19. The van der Waals surface area contributed by atoms with Gasteiger partial charge in [0.15, 0.2) is 0 Å². The molecular formula is C14H25N3O. The molecule has 1 saturated heterocycles. The van der Waals surface area contributed by atoms with E-state index in [0.29, 0.717) is 12.5 Å². The molecule has 2 rings (SSSR count). The molecule has 0 saturated carbocycles. The number of aliphatic hydroxyl groups excluding tert-OH is 1. The molecule has 4 heteroatoms. The lowest BCUT2D eigenvalue weighted by Gasteiger charge is -2.32. The minimum Gasteiger partial charge on any atom is -0.396 e. The molecular weight excluding hydrogens is 226 g/mol. The Labute approximate surface area is 110 Å². The number of likely N-dealkylation sites (tertiary alicyclic amines) is 1. The van der Waals surface area contributed by atoms with E-state index in [1.807, 2.05) is 0 Å². The zero-order chi connectivity index (χ0) is 13.0. The van der Waals surface area contributed by atoms with Gasteiger partial charge in [0.05, 0.1) is 11.4 Å².